The standard InChI is InChI=1S/C16H34N2O/c1-4-19-15-6-5-10-17-11-14-18-12-7-8-16(2,3)9-13-18/h17H,4-15H2,1-3H3. The van der Waals surface area contributed by atoms with Crippen LogP contribution in [0.25, 0.3) is 0 Å². The van der Waals surface area contributed by atoms with E-state index < -0.39 is 0 Å². The highest BCUT2D eigenvalue weighted by molar-refractivity contribution is 4.76. The van der Waals surface area contributed by atoms with Crippen LogP contribution in [0.1, 0.15) is 52.9 Å². The molecule has 0 aromatic heterocycles. The molecule has 0 radical (unpaired) electrons. The Kier molecular flexibility index (Phi) is 8.67. The van der Waals surface area contributed by atoms with Crippen LogP contribution in [-0.4, -0.2) is 50.8 Å². The normalized spacial score (nSPS) is 20.4. The largest absolute Gasteiger partial charge is 0.382 e. The zero-order valence-electron chi connectivity index (χ0n) is 13.3. The molecule has 1 rings (SSSR count). The number of rotatable bonds is 9. The summed E-state index contributed by atoms with van der Waals surface area (Å²) in [5.41, 5.74) is 0.557. The Balaban J connectivity index is 1.94. The molecule has 3 heteroatoms. The second-order valence-corrected chi connectivity index (χ2v) is 6.51. The molecule has 0 aromatic carbocycles. The van der Waals surface area contributed by atoms with E-state index in [1.165, 1.54) is 51.7 Å². The summed E-state index contributed by atoms with van der Waals surface area (Å²) in [6.07, 6.45) is 6.50. The van der Waals surface area contributed by atoms with Crippen LogP contribution < -0.4 is 5.32 Å². The van der Waals surface area contributed by atoms with E-state index in [2.05, 4.69) is 31.0 Å². The molecule has 3 nitrogen and oxygen atoms in total. The minimum absolute atomic E-state index is 0.557. The van der Waals surface area contributed by atoms with Crippen LogP contribution in [0.2, 0.25) is 0 Å². The predicted octanol–water partition coefficient (Wildman–Crippen LogP) is 2.90. The number of likely N-dealkylation sites (tertiary alicyclic amines) is 1. The van der Waals surface area contributed by atoms with E-state index in [0.29, 0.717) is 5.41 Å². The molecule has 0 unspecified atom stereocenters. The Morgan fingerprint density at radius 2 is 1.95 bits per heavy atom. The molecule has 0 aromatic rings. The summed E-state index contributed by atoms with van der Waals surface area (Å²) in [6.45, 7) is 14.7. The van der Waals surface area contributed by atoms with Gasteiger partial charge in [-0.05, 0) is 64.1 Å². The van der Waals surface area contributed by atoms with Crippen molar-refractivity contribution in [3.63, 3.8) is 0 Å². The van der Waals surface area contributed by atoms with Gasteiger partial charge in [-0.2, -0.15) is 0 Å². The van der Waals surface area contributed by atoms with E-state index in [-0.39, 0.29) is 0 Å². The van der Waals surface area contributed by atoms with Crippen molar-refractivity contribution in [3.8, 4) is 0 Å². The average molecular weight is 270 g/mol. The van der Waals surface area contributed by atoms with Crippen molar-refractivity contribution in [1.82, 2.24) is 10.2 Å². The van der Waals surface area contributed by atoms with E-state index in [1.807, 2.05) is 0 Å². The first-order chi connectivity index (χ1) is 9.14. The van der Waals surface area contributed by atoms with Crippen LogP contribution >= 0.6 is 0 Å². The summed E-state index contributed by atoms with van der Waals surface area (Å²) >= 11 is 0. The lowest BCUT2D eigenvalue weighted by atomic mass is 9.85. The fraction of sp³-hybridized carbons (Fsp3) is 1.00. The van der Waals surface area contributed by atoms with Crippen molar-refractivity contribution in [3.05, 3.63) is 0 Å². The molecule has 0 saturated carbocycles. The maximum absolute atomic E-state index is 5.33. The molecular weight excluding hydrogens is 236 g/mol. The molecule has 19 heavy (non-hydrogen) atoms. The summed E-state index contributed by atoms with van der Waals surface area (Å²) < 4.78 is 5.33. The lowest BCUT2D eigenvalue weighted by Gasteiger charge is -2.23. The topological polar surface area (TPSA) is 24.5 Å². The molecule has 1 N–H and O–H groups in total. The number of hydrogen-bond acceptors (Lipinski definition) is 3. The van der Waals surface area contributed by atoms with Gasteiger partial charge in [0.25, 0.3) is 0 Å². The molecule has 0 spiro atoms. The van der Waals surface area contributed by atoms with Gasteiger partial charge in [0.05, 0.1) is 0 Å². The SMILES string of the molecule is CCOCCCCNCCN1CCCC(C)(C)CC1. The Bertz CT molecular complexity index is 219. The van der Waals surface area contributed by atoms with Crippen LogP contribution in [-0.2, 0) is 4.74 Å². The number of ether oxygens (including phenoxy) is 1. The molecule has 1 fully saturated rings. The zero-order valence-corrected chi connectivity index (χ0v) is 13.3. The highest BCUT2D eigenvalue weighted by Gasteiger charge is 2.22. The van der Waals surface area contributed by atoms with Crippen molar-refractivity contribution in [1.29, 1.82) is 0 Å². The maximum Gasteiger partial charge on any atom is 0.0466 e. The Morgan fingerprint density at radius 1 is 1.11 bits per heavy atom. The van der Waals surface area contributed by atoms with Gasteiger partial charge in [0.1, 0.15) is 0 Å². The molecule has 0 bridgehead atoms. The second kappa shape index (κ2) is 9.73. The zero-order chi connectivity index (χ0) is 14.0. The first-order valence-corrected chi connectivity index (χ1v) is 8.15. The van der Waals surface area contributed by atoms with E-state index in [9.17, 15) is 0 Å². The van der Waals surface area contributed by atoms with Crippen molar-refractivity contribution >= 4 is 0 Å². The van der Waals surface area contributed by atoms with E-state index in [4.69, 9.17) is 4.74 Å². The fourth-order valence-corrected chi connectivity index (χ4v) is 2.66. The van der Waals surface area contributed by atoms with Gasteiger partial charge in [0, 0.05) is 26.3 Å². The monoisotopic (exact) mass is 270 g/mol. The van der Waals surface area contributed by atoms with Gasteiger partial charge in [-0.25, -0.2) is 0 Å². The van der Waals surface area contributed by atoms with Crippen molar-refractivity contribution in [2.24, 2.45) is 5.41 Å². The van der Waals surface area contributed by atoms with Crippen molar-refractivity contribution in [2.45, 2.75) is 52.9 Å². The highest BCUT2D eigenvalue weighted by atomic mass is 16.5. The van der Waals surface area contributed by atoms with Crippen LogP contribution in [0.15, 0.2) is 0 Å². The van der Waals surface area contributed by atoms with E-state index >= 15 is 0 Å². The summed E-state index contributed by atoms with van der Waals surface area (Å²) in [5, 5.41) is 3.55. The van der Waals surface area contributed by atoms with Gasteiger partial charge in [-0.3, -0.25) is 0 Å². The molecule has 1 saturated heterocycles. The van der Waals surface area contributed by atoms with Crippen LogP contribution in [0.5, 0.6) is 0 Å². The van der Waals surface area contributed by atoms with Crippen LogP contribution in [0.3, 0.4) is 0 Å². The van der Waals surface area contributed by atoms with Crippen LogP contribution in [0, 0.1) is 5.41 Å². The molecule has 1 heterocycles. The molecule has 1 aliphatic heterocycles. The number of nitrogens with one attached hydrogen (secondary N) is 1. The summed E-state index contributed by atoms with van der Waals surface area (Å²) in [7, 11) is 0. The Morgan fingerprint density at radius 3 is 2.74 bits per heavy atom. The second-order valence-electron chi connectivity index (χ2n) is 6.51. The molecule has 114 valence electrons. The average Bonchev–Trinajstić information content (AvgIpc) is 2.54. The van der Waals surface area contributed by atoms with Crippen molar-refractivity contribution in [2.75, 3.05) is 45.9 Å². The fourth-order valence-electron chi connectivity index (χ4n) is 2.66. The molecule has 0 atom stereocenters. The Hall–Kier alpha value is -0.120. The lowest BCUT2D eigenvalue weighted by molar-refractivity contribution is 0.143. The first kappa shape index (κ1) is 16.9. The van der Waals surface area contributed by atoms with Crippen molar-refractivity contribution < 1.29 is 4.74 Å². The third-order valence-electron chi connectivity index (χ3n) is 4.13. The smallest absolute Gasteiger partial charge is 0.0466 e. The lowest BCUT2D eigenvalue weighted by Crippen LogP contribution is -2.33. The predicted molar refractivity (Wildman–Crippen MR) is 82.7 cm³/mol. The van der Waals surface area contributed by atoms with Gasteiger partial charge in [-0.1, -0.05) is 13.8 Å². The van der Waals surface area contributed by atoms with E-state index in [1.54, 1.807) is 0 Å². The molecule has 1 aliphatic rings. The minimum atomic E-state index is 0.557. The minimum Gasteiger partial charge on any atom is -0.382 e. The molecule has 0 amide bonds. The van der Waals surface area contributed by atoms with Gasteiger partial charge in [0.2, 0.25) is 0 Å². The van der Waals surface area contributed by atoms with Gasteiger partial charge >= 0.3 is 0 Å². The van der Waals surface area contributed by atoms with Crippen LogP contribution in [0.4, 0.5) is 0 Å². The van der Waals surface area contributed by atoms with E-state index in [0.717, 1.165) is 26.3 Å². The van der Waals surface area contributed by atoms with Gasteiger partial charge in [0.15, 0.2) is 0 Å². The quantitative estimate of drug-likeness (QED) is 0.652. The molecule has 0 aliphatic carbocycles. The third-order valence-corrected chi connectivity index (χ3v) is 4.13. The van der Waals surface area contributed by atoms with Gasteiger partial charge < -0.3 is 15.0 Å². The number of nitrogens with zero attached hydrogens (tertiary/aromatic N) is 1. The maximum atomic E-state index is 5.33. The molecular formula is C16H34N2O. The third kappa shape index (κ3) is 8.61. The Labute approximate surface area is 120 Å². The highest BCUT2D eigenvalue weighted by Crippen LogP contribution is 2.29. The first-order valence-electron chi connectivity index (χ1n) is 8.15. The number of unbranched alkanes of at least 4 members (excludes halogenated alkanes) is 1. The summed E-state index contributed by atoms with van der Waals surface area (Å²) in [6, 6.07) is 0. The van der Waals surface area contributed by atoms with Gasteiger partial charge in [-0.15, -0.1) is 0 Å². The number of hydrogen-bond donors (Lipinski definition) is 1. The summed E-state index contributed by atoms with van der Waals surface area (Å²) in [4.78, 5) is 2.63. The summed E-state index contributed by atoms with van der Waals surface area (Å²) in [5.74, 6) is 0.